The van der Waals surface area contributed by atoms with E-state index >= 15 is 0 Å². The van der Waals surface area contributed by atoms with E-state index in [0.717, 1.165) is 10.4 Å². The normalized spacial score (nSPS) is 10.4. The molecule has 14 heavy (non-hydrogen) atoms. The van der Waals surface area contributed by atoms with E-state index in [1.54, 1.807) is 30.4 Å². The van der Waals surface area contributed by atoms with Gasteiger partial charge in [0.1, 0.15) is 11.5 Å². The average molecular weight is 206 g/mol. The molecule has 0 unspecified atom stereocenters. The van der Waals surface area contributed by atoms with Crippen LogP contribution >= 0.6 is 11.3 Å². The molecule has 0 spiro atoms. The van der Waals surface area contributed by atoms with Gasteiger partial charge in [0, 0.05) is 10.4 Å². The maximum absolute atomic E-state index is 9.52. The van der Waals surface area contributed by atoms with Crippen molar-refractivity contribution in [1.82, 2.24) is 0 Å². The van der Waals surface area contributed by atoms with Crippen LogP contribution in [0.25, 0.3) is 10.4 Å². The smallest absolute Gasteiger partial charge is 0.122 e. The Morgan fingerprint density at radius 3 is 2.29 bits per heavy atom. The fourth-order valence-electron chi connectivity index (χ4n) is 1.27. The van der Waals surface area contributed by atoms with Crippen molar-refractivity contribution in [3.63, 3.8) is 0 Å². The minimum atomic E-state index is 0.133. The third kappa shape index (κ3) is 1.46. The summed E-state index contributed by atoms with van der Waals surface area (Å²) < 4.78 is 0. The molecule has 3 heteroatoms. The van der Waals surface area contributed by atoms with Crippen LogP contribution in [0.15, 0.2) is 29.6 Å². The van der Waals surface area contributed by atoms with Gasteiger partial charge < -0.3 is 10.2 Å². The molecule has 2 rings (SSSR count). The first-order valence-electron chi connectivity index (χ1n) is 4.25. The first-order chi connectivity index (χ1) is 6.68. The first kappa shape index (κ1) is 9.09. The van der Waals surface area contributed by atoms with E-state index in [1.165, 1.54) is 0 Å². The summed E-state index contributed by atoms with van der Waals surface area (Å²) in [5.74, 6) is 0.266. The zero-order valence-corrected chi connectivity index (χ0v) is 8.51. The van der Waals surface area contributed by atoms with E-state index in [4.69, 9.17) is 0 Å². The largest absolute Gasteiger partial charge is 0.508 e. The van der Waals surface area contributed by atoms with Crippen LogP contribution in [-0.4, -0.2) is 10.2 Å². The van der Waals surface area contributed by atoms with E-state index in [9.17, 15) is 10.2 Å². The summed E-state index contributed by atoms with van der Waals surface area (Å²) in [4.78, 5) is 1.04. The maximum Gasteiger partial charge on any atom is 0.122 e. The molecule has 0 radical (unpaired) electrons. The van der Waals surface area contributed by atoms with E-state index < -0.39 is 0 Å². The summed E-state index contributed by atoms with van der Waals surface area (Å²) in [7, 11) is 0. The van der Waals surface area contributed by atoms with Crippen LogP contribution in [0.1, 0.15) is 5.56 Å². The minimum Gasteiger partial charge on any atom is -0.508 e. The molecule has 2 aromatic rings. The summed E-state index contributed by atoms with van der Waals surface area (Å²) in [5.41, 5.74) is 1.37. The van der Waals surface area contributed by atoms with Crippen LogP contribution in [0.4, 0.5) is 0 Å². The van der Waals surface area contributed by atoms with Crippen LogP contribution in [-0.2, 0) is 0 Å². The first-order valence-corrected chi connectivity index (χ1v) is 5.13. The number of phenolic OH excluding ortho intramolecular Hbond substituents is 2. The van der Waals surface area contributed by atoms with E-state index in [2.05, 4.69) is 0 Å². The molecule has 0 aliphatic carbocycles. The molecule has 1 aromatic carbocycles. The SMILES string of the molecule is Cc1c(O)cc(-c2cccs2)cc1O. The lowest BCUT2D eigenvalue weighted by atomic mass is 10.1. The Bertz CT molecular complexity index is 423. The zero-order chi connectivity index (χ0) is 10.1. The molecule has 0 saturated carbocycles. The van der Waals surface area contributed by atoms with Crippen molar-refractivity contribution in [3.8, 4) is 21.9 Å². The molecule has 0 aliphatic rings. The second-order valence-electron chi connectivity index (χ2n) is 3.12. The molecule has 0 aliphatic heterocycles. The van der Waals surface area contributed by atoms with Crippen LogP contribution in [0.2, 0.25) is 0 Å². The van der Waals surface area contributed by atoms with Gasteiger partial charge in [-0.1, -0.05) is 6.07 Å². The molecule has 2 nitrogen and oxygen atoms in total. The number of phenols is 2. The van der Waals surface area contributed by atoms with E-state index in [0.29, 0.717) is 5.56 Å². The Balaban J connectivity index is 2.57. The van der Waals surface area contributed by atoms with Gasteiger partial charge in [0.15, 0.2) is 0 Å². The Morgan fingerprint density at radius 2 is 1.79 bits per heavy atom. The van der Waals surface area contributed by atoms with Crippen LogP contribution in [0.3, 0.4) is 0 Å². The van der Waals surface area contributed by atoms with Crippen molar-refractivity contribution in [2.45, 2.75) is 6.92 Å². The highest BCUT2D eigenvalue weighted by atomic mass is 32.1. The predicted octanol–water partition coefficient (Wildman–Crippen LogP) is 3.13. The highest BCUT2D eigenvalue weighted by molar-refractivity contribution is 7.13. The van der Waals surface area contributed by atoms with Gasteiger partial charge in [-0.25, -0.2) is 0 Å². The number of rotatable bonds is 1. The van der Waals surface area contributed by atoms with Gasteiger partial charge in [0.25, 0.3) is 0 Å². The molecule has 1 aromatic heterocycles. The Labute approximate surface area is 86.1 Å². The summed E-state index contributed by atoms with van der Waals surface area (Å²) in [5, 5.41) is 21.0. The minimum absolute atomic E-state index is 0.133. The lowest BCUT2D eigenvalue weighted by molar-refractivity contribution is 0.444. The maximum atomic E-state index is 9.52. The molecule has 0 saturated heterocycles. The molecular formula is C11H10O2S. The fourth-order valence-corrected chi connectivity index (χ4v) is 1.98. The molecule has 0 amide bonds. The lowest BCUT2D eigenvalue weighted by Gasteiger charge is -2.04. The molecule has 0 fully saturated rings. The van der Waals surface area contributed by atoms with Gasteiger partial charge in [-0.2, -0.15) is 0 Å². The van der Waals surface area contributed by atoms with E-state index in [-0.39, 0.29) is 11.5 Å². The second kappa shape index (κ2) is 3.35. The average Bonchev–Trinajstić information content (AvgIpc) is 2.66. The Kier molecular flexibility index (Phi) is 2.17. The zero-order valence-electron chi connectivity index (χ0n) is 7.69. The predicted molar refractivity (Wildman–Crippen MR) is 57.8 cm³/mol. The van der Waals surface area contributed by atoms with Gasteiger partial charge >= 0.3 is 0 Å². The number of aromatic hydroxyl groups is 2. The number of benzene rings is 1. The number of thiophene rings is 1. The summed E-state index contributed by atoms with van der Waals surface area (Å²) >= 11 is 1.58. The molecular weight excluding hydrogens is 196 g/mol. The fraction of sp³-hybridized carbons (Fsp3) is 0.0909. The number of hydrogen-bond acceptors (Lipinski definition) is 3. The van der Waals surface area contributed by atoms with Crippen molar-refractivity contribution in [3.05, 3.63) is 35.2 Å². The van der Waals surface area contributed by atoms with Crippen LogP contribution in [0, 0.1) is 6.92 Å². The molecule has 2 N–H and O–H groups in total. The van der Waals surface area contributed by atoms with Gasteiger partial charge in [0.05, 0.1) is 0 Å². The third-order valence-corrected chi connectivity index (χ3v) is 3.08. The van der Waals surface area contributed by atoms with Crippen molar-refractivity contribution in [2.75, 3.05) is 0 Å². The lowest BCUT2D eigenvalue weighted by Crippen LogP contribution is -1.79. The molecule has 0 bridgehead atoms. The van der Waals surface area contributed by atoms with Gasteiger partial charge in [-0.3, -0.25) is 0 Å². The monoisotopic (exact) mass is 206 g/mol. The van der Waals surface area contributed by atoms with Crippen molar-refractivity contribution in [2.24, 2.45) is 0 Å². The van der Waals surface area contributed by atoms with Crippen LogP contribution < -0.4 is 0 Å². The molecule has 72 valence electrons. The van der Waals surface area contributed by atoms with Crippen molar-refractivity contribution in [1.29, 1.82) is 0 Å². The summed E-state index contributed by atoms with van der Waals surface area (Å²) in [6, 6.07) is 7.23. The van der Waals surface area contributed by atoms with Gasteiger partial charge in [-0.05, 0) is 36.1 Å². The summed E-state index contributed by atoms with van der Waals surface area (Å²) in [6.07, 6.45) is 0. The Hall–Kier alpha value is -1.48. The van der Waals surface area contributed by atoms with E-state index in [1.807, 2.05) is 17.5 Å². The highest BCUT2D eigenvalue weighted by Crippen LogP contribution is 2.34. The van der Waals surface area contributed by atoms with Gasteiger partial charge in [0.2, 0.25) is 0 Å². The third-order valence-electron chi connectivity index (χ3n) is 2.16. The van der Waals surface area contributed by atoms with Crippen LogP contribution in [0.5, 0.6) is 11.5 Å². The topological polar surface area (TPSA) is 40.5 Å². The Morgan fingerprint density at radius 1 is 1.14 bits per heavy atom. The second-order valence-corrected chi connectivity index (χ2v) is 4.06. The summed E-state index contributed by atoms with van der Waals surface area (Å²) in [6.45, 7) is 1.68. The molecule has 0 atom stereocenters. The quantitative estimate of drug-likeness (QED) is 0.752. The standard InChI is InChI=1S/C11H10O2S/c1-7-9(12)5-8(6-10(7)13)11-3-2-4-14-11/h2-6,12-13H,1H3. The number of hydrogen-bond donors (Lipinski definition) is 2. The van der Waals surface area contributed by atoms with Crippen molar-refractivity contribution < 1.29 is 10.2 Å². The highest BCUT2D eigenvalue weighted by Gasteiger charge is 2.06. The van der Waals surface area contributed by atoms with Crippen molar-refractivity contribution >= 4 is 11.3 Å². The molecule has 1 heterocycles. The van der Waals surface area contributed by atoms with Gasteiger partial charge in [-0.15, -0.1) is 11.3 Å².